The van der Waals surface area contributed by atoms with Gasteiger partial charge in [0.25, 0.3) is 11.8 Å². The van der Waals surface area contributed by atoms with E-state index in [9.17, 15) is 9.59 Å². The molecule has 0 aliphatic rings. The lowest BCUT2D eigenvalue weighted by molar-refractivity contribution is 0.0964. The molecule has 0 aliphatic carbocycles. The van der Waals surface area contributed by atoms with E-state index in [1.807, 2.05) is 23.8 Å². The Bertz CT molecular complexity index is 885. The largest absolute Gasteiger partial charge is 0.355 e. The molecule has 0 radical (unpaired) electrons. The second kappa shape index (κ2) is 6.94. The first-order valence-electron chi connectivity index (χ1n) is 7.22. The summed E-state index contributed by atoms with van der Waals surface area (Å²) in [5, 5.41) is 10.2. The quantitative estimate of drug-likeness (QED) is 0.746. The van der Waals surface area contributed by atoms with Gasteiger partial charge in [-0.05, 0) is 30.5 Å². The Balaban J connectivity index is 1.88. The Morgan fingerprint density at radius 3 is 2.62 bits per heavy atom. The fourth-order valence-electron chi connectivity index (χ4n) is 2.22. The lowest BCUT2D eigenvalue weighted by Gasteiger charge is -2.09. The molecular formula is C17H15N3O2S2. The van der Waals surface area contributed by atoms with Crippen LogP contribution in [0, 0.1) is 6.92 Å². The van der Waals surface area contributed by atoms with Crippen LogP contribution in [-0.4, -0.2) is 23.8 Å². The van der Waals surface area contributed by atoms with Gasteiger partial charge in [0.05, 0.1) is 16.9 Å². The molecule has 3 rings (SSSR count). The third-order valence-electron chi connectivity index (χ3n) is 3.42. The summed E-state index contributed by atoms with van der Waals surface area (Å²) in [4.78, 5) is 29.5. The van der Waals surface area contributed by atoms with Crippen LogP contribution in [0.25, 0.3) is 10.6 Å². The SMILES string of the molecule is CNC(=O)c1ccccc1NC(=O)c1sc(-c2ccsc2)nc1C. The summed E-state index contributed by atoms with van der Waals surface area (Å²) in [5.74, 6) is -0.506. The van der Waals surface area contributed by atoms with E-state index in [-0.39, 0.29) is 11.8 Å². The van der Waals surface area contributed by atoms with Gasteiger partial charge in [-0.1, -0.05) is 12.1 Å². The number of benzene rings is 1. The highest BCUT2D eigenvalue weighted by molar-refractivity contribution is 7.17. The minimum absolute atomic E-state index is 0.245. The summed E-state index contributed by atoms with van der Waals surface area (Å²) < 4.78 is 0. The van der Waals surface area contributed by atoms with E-state index in [1.165, 1.54) is 11.3 Å². The van der Waals surface area contributed by atoms with Crippen LogP contribution in [0.4, 0.5) is 5.69 Å². The molecule has 3 aromatic rings. The molecule has 24 heavy (non-hydrogen) atoms. The predicted molar refractivity (Wildman–Crippen MR) is 97.9 cm³/mol. The fraction of sp³-hybridized carbons (Fsp3) is 0.118. The van der Waals surface area contributed by atoms with Gasteiger partial charge in [0, 0.05) is 18.0 Å². The van der Waals surface area contributed by atoms with E-state index in [4.69, 9.17) is 0 Å². The zero-order chi connectivity index (χ0) is 17.1. The number of aromatic nitrogens is 1. The van der Waals surface area contributed by atoms with Crippen LogP contribution < -0.4 is 10.6 Å². The molecule has 7 heteroatoms. The third kappa shape index (κ3) is 3.22. The minimum atomic E-state index is -0.261. The molecule has 5 nitrogen and oxygen atoms in total. The highest BCUT2D eigenvalue weighted by atomic mass is 32.1. The van der Waals surface area contributed by atoms with Crippen molar-refractivity contribution in [3.8, 4) is 10.6 Å². The number of rotatable bonds is 4. The number of amides is 2. The lowest BCUT2D eigenvalue weighted by atomic mass is 10.1. The number of nitrogens with zero attached hydrogens (tertiary/aromatic N) is 1. The van der Waals surface area contributed by atoms with Crippen LogP contribution in [0.15, 0.2) is 41.1 Å². The second-order valence-corrected chi connectivity index (χ2v) is 6.80. The number of hydrogen-bond acceptors (Lipinski definition) is 5. The summed E-state index contributed by atoms with van der Waals surface area (Å²) in [6, 6.07) is 8.89. The van der Waals surface area contributed by atoms with Gasteiger partial charge in [-0.25, -0.2) is 4.98 Å². The number of thiophene rings is 1. The maximum absolute atomic E-state index is 12.6. The van der Waals surface area contributed by atoms with Crippen molar-refractivity contribution in [1.29, 1.82) is 0 Å². The van der Waals surface area contributed by atoms with E-state index in [0.717, 1.165) is 10.6 Å². The van der Waals surface area contributed by atoms with Gasteiger partial charge in [-0.2, -0.15) is 11.3 Å². The summed E-state index contributed by atoms with van der Waals surface area (Å²) in [5.41, 5.74) is 2.59. The number of carbonyl (C=O) groups excluding carboxylic acids is 2. The van der Waals surface area contributed by atoms with Crippen LogP contribution >= 0.6 is 22.7 Å². The van der Waals surface area contributed by atoms with Gasteiger partial charge in [0.1, 0.15) is 9.88 Å². The van der Waals surface area contributed by atoms with Crippen molar-refractivity contribution in [2.24, 2.45) is 0 Å². The van der Waals surface area contributed by atoms with Crippen LogP contribution in [0.2, 0.25) is 0 Å². The first-order valence-corrected chi connectivity index (χ1v) is 8.98. The molecule has 0 bridgehead atoms. The highest BCUT2D eigenvalue weighted by Gasteiger charge is 2.18. The van der Waals surface area contributed by atoms with E-state index in [0.29, 0.717) is 21.8 Å². The van der Waals surface area contributed by atoms with Gasteiger partial charge >= 0.3 is 0 Å². The second-order valence-electron chi connectivity index (χ2n) is 5.02. The number of anilines is 1. The van der Waals surface area contributed by atoms with Gasteiger partial charge in [0.2, 0.25) is 0 Å². The summed E-state index contributed by atoms with van der Waals surface area (Å²) >= 11 is 2.94. The van der Waals surface area contributed by atoms with Crippen LogP contribution in [-0.2, 0) is 0 Å². The van der Waals surface area contributed by atoms with Gasteiger partial charge in [0.15, 0.2) is 0 Å². The molecule has 2 N–H and O–H groups in total. The molecule has 0 atom stereocenters. The number of thiazole rings is 1. The van der Waals surface area contributed by atoms with E-state index >= 15 is 0 Å². The zero-order valence-electron chi connectivity index (χ0n) is 13.1. The van der Waals surface area contributed by atoms with Crippen molar-refractivity contribution in [1.82, 2.24) is 10.3 Å². The molecule has 0 unspecified atom stereocenters. The summed E-state index contributed by atoms with van der Waals surface area (Å²) in [6.45, 7) is 1.81. The molecule has 2 heterocycles. The Kier molecular flexibility index (Phi) is 4.73. The predicted octanol–water partition coefficient (Wildman–Crippen LogP) is 3.79. The standard InChI is InChI=1S/C17H15N3O2S2/c1-10-14(24-17(19-10)11-7-8-23-9-11)16(22)20-13-6-4-3-5-12(13)15(21)18-2/h3-9H,1-2H3,(H,18,21)(H,20,22). The van der Waals surface area contributed by atoms with E-state index in [2.05, 4.69) is 15.6 Å². The van der Waals surface area contributed by atoms with E-state index in [1.54, 1.807) is 42.6 Å². The van der Waals surface area contributed by atoms with Gasteiger partial charge in [-0.3, -0.25) is 9.59 Å². The van der Waals surface area contributed by atoms with Crippen LogP contribution in [0.5, 0.6) is 0 Å². The topological polar surface area (TPSA) is 71.1 Å². The number of para-hydroxylation sites is 1. The number of aryl methyl sites for hydroxylation is 1. The van der Waals surface area contributed by atoms with E-state index < -0.39 is 0 Å². The molecule has 0 aliphatic heterocycles. The molecule has 0 fully saturated rings. The number of nitrogens with one attached hydrogen (secondary N) is 2. The highest BCUT2D eigenvalue weighted by Crippen LogP contribution is 2.30. The number of hydrogen-bond donors (Lipinski definition) is 2. The zero-order valence-corrected chi connectivity index (χ0v) is 14.8. The molecule has 1 aromatic carbocycles. The maximum atomic E-state index is 12.6. The van der Waals surface area contributed by atoms with Crippen LogP contribution in [0.1, 0.15) is 25.7 Å². The normalized spacial score (nSPS) is 10.4. The first-order chi connectivity index (χ1) is 11.6. The monoisotopic (exact) mass is 357 g/mol. The Labute approximate surface area is 147 Å². The Morgan fingerprint density at radius 1 is 1.12 bits per heavy atom. The van der Waals surface area contributed by atoms with Crippen molar-refractivity contribution in [3.05, 3.63) is 57.2 Å². The van der Waals surface area contributed by atoms with Crippen molar-refractivity contribution in [2.75, 3.05) is 12.4 Å². The molecule has 0 saturated heterocycles. The Hall–Kier alpha value is -2.51. The fourth-order valence-corrected chi connectivity index (χ4v) is 3.89. The molecule has 2 aromatic heterocycles. The molecular weight excluding hydrogens is 342 g/mol. The molecule has 0 saturated carbocycles. The molecule has 0 spiro atoms. The first kappa shape index (κ1) is 16.4. The maximum Gasteiger partial charge on any atom is 0.267 e. The van der Waals surface area contributed by atoms with Gasteiger partial charge < -0.3 is 10.6 Å². The smallest absolute Gasteiger partial charge is 0.267 e. The van der Waals surface area contributed by atoms with Gasteiger partial charge in [-0.15, -0.1) is 11.3 Å². The third-order valence-corrected chi connectivity index (χ3v) is 5.31. The van der Waals surface area contributed by atoms with Crippen molar-refractivity contribution in [2.45, 2.75) is 6.92 Å². The average molecular weight is 357 g/mol. The van der Waals surface area contributed by atoms with Crippen molar-refractivity contribution >= 4 is 40.2 Å². The molecule has 122 valence electrons. The summed E-state index contributed by atoms with van der Waals surface area (Å²) in [6.07, 6.45) is 0. The molecule has 2 amide bonds. The lowest BCUT2D eigenvalue weighted by Crippen LogP contribution is -2.21. The van der Waals surface area contributed by atoms with Crippen molar-refractivity contribution < 1.29 is 9.59 Å². The van der Waals surface area contributed by atoms with Crippen molar-refractivity contribution in [3.63, 3.8) is 0 Å². The average Bonchev–Trinajstić information content (AvgIpc) is 3.24. The number of carbonyl (C=O) groups is 2. The summed E-state index contributed by atoms with van der Waals surface area (Å²) in [7, 11) is 1.56. The minimum Gasteiger partial charge on any atom is -0.355 e. The Morgan fingerprint density at radius 2 is 1.92 bits per heavy atom. The van der Waals surface area contributed by atoms with Crippen LogP contribution in [0.3, 0.4) is 0 Å².